The minimum atomic E-state index is 0.112. The van der Waals surface area contributed by atoms with E-state index in [1.54, 1.807) is 0 Å². The monoisotopic (exact) mass is 269 g/mol. The molecule has 0 atom stereocenters. The van der Waals surface area contributed by atoms with Gasteiger partial charge in [0, 0.05) is 23.1 Å². The lowest BCUT2D eigenvalue weighted by Gasteiger charge is -2.20. The van der Waals surface area contributed by atoms with Crippen LogP contribution in [0.15, 0.2) is 28.7 Å². The second kappa shape index (κ2) is 5.91. The van der Waals surface area contributed by atoms with Crippen LogP contribution in [0.3, 0.4) is 0 Å². The first-order valence-corrected chi connectivity index (χ1v) is 6.03. The van der Waals surface area contributed by atoms with Gasteiger partial charge in [-0.1, -0.05) is 28.9 Å². The zero-order chi connectivity index (χ0) is 11.3. The van der Waals surface area contributed by atoms with E-state index in [9.17, 15) is 4.79 Å². The number of hydrogen-bond acceptors (Lipinski definition) is 1. The van der Waals surface area contributed by atoms with Crippen LogP contribution >= 0.6 is 15.9 Å². The molecule has 0 aromatic heterocycles. The molecule has 0 aliphatic carbocycles. The summed E-state index contributed by atoms with van der Waals surface area (Å²) in [6.45, 7) is 5.67. The van der Waals surface area contributed by atoms with Gasteiger partial charge in [-0.05, 0) is 31.5 Å². The highest BCUT2D eigenvalue weighted by atomic mass is 79.9. The summed E-state index contributed by atoms with van der Waals surface area (Å²) in [6, 6.07) is 7.52. The van der Waals surface area contributed by atoms with E-state index < -0.39 is 0 Å². The molecule has 0 spiro atoms. The van der Waals surface area contributed by atoms with Crippen LogP contribution in [0.2, 0.25) is 0 Å². The molecule has 1 rings (SSSR count). The number of rotatable bonds is 4. The van der Waals surface area contributed by atoms with Crippen molar-refractivity contribution in [3.63, 3.8) is 0 Å². The van der Waals surface area contributed by atoms with Gasteiger partial charge in [-0.3, -0.25) is 4.79 Å². The van der Waals surface area contributed by atoms with Gasteiger partial charge in [0.2, 0.25) is 0 Å². The highest BCUT2D eigenvalue weighted by Gasteiger charge is 2.12. The highest BCUT2D eigenvalue weighted by molar-refractivity contribution is 9.10. The van der Waals surface area contributed by atoms with E-state index in [1.165, 1.54) is 0 Å². The third-order valence-corrected chi connectivity index (χ3v) is 2.73. The fourth-order valence-corrected chi connectivity index (χ4v) is 1.88. The van der Waals surface area contributed by atoms with Gasteiger partial charge in [0.1, 0.15) is 0 Å². The van der Waals surface area contributed by atoms with E-state index in [-0.39, 0.29) is 5.91 Å². The fraction of sp³-hybridized carbons (Fsp3) is 0.417. The first-order valence-electron chi connectivity index (χ1n) is 5.23. The van der Waals surface area contributed by atoms with E-state index in [4.69, 9.17) is 0 Å². The van der Waals surface area contributed by atoms with Crippen molar-refractivity contribution in [3.8, 4) is 0 Å². The summed E-state index contributed by atoms with van der Waals surface area (Å²) in [5.41, 5.74) is 0.750. The zero-order valence-corrected chi connectivity index (χ0v) is 10.8. The number of hydrogen-bond donors (Lipinski definition) is 0. The van der Waals surface area contributed by atoms with Gasteiger partial charge in [-0.15, -0.1) is 0 Å². The second-order valence-electron chi connectivity index (χ2n) is 3.40. The van der Waals surface area contributed by atoms with Crippen LogP contribution in [-0.2, 0) is 0 Å². The van der Waals surface area contributed by atoms with Crippen molar-refractivity contribution in [3.05, 3.63) is 34.3 Å². The average molecular weight is 270 g/mol. The van der Waals surface area contributed by atoms with Gasteiger partial charge in [0.25, 0.3) is 5.91 Å². The van der Waals surface area contributed by atoms with Crippen molar-refractivity contribution in [2.45, 2.75) is 20.3 Å². The summed E-state index contributed by atoms with van der Waals surface area (Å²) >= 11 is 3.37. The summed E-state index contributed by atoms with van der Waals surface area (Å²) in [5, 5.41) is 0. The Bertz CT molecular complexity index is 338. The maximum atomic E-state index is 12.0. The molecule has 0 heterocycles. The normalized spacial score (nSPS) is 10.1. The van der Waals surface area contributed by atoms with E-state index in [2.05, 4.69) is 22.9 Å². The van der Waals surface area contributed by atoms with E-state index in [0.29, 0.717) is 0 Å². The third-order valence-electron chi connectivity index (χ3n) is 2.23. The van der Waals surface area contributed by atoms with Crippen LogP contribution in [-0.4, -0.2) is 23.9 Å². The zero-order valence-electron chi connectivity index (χ0n) is 9.16. The predicted octanol–water partition coefficient (Wildman–Crippen LogP) is 3.32. The molecule has 0 radical (unpaired) electrons. The highest BCUT2D eigenvalue weighted by Crippen LogP contribution is 2.13. The number of benzene rings is 1. The first-order chi connectivity index (χ1) is 7.19. The van der Waals surface area contributed by atoms with Gasteiger partial charge in [-0.2, -0.15) is 0 Å². The van der Waals surface area contributed by atoms with Gasteiger partial charge < -0.3 is 4.90 Å². The van der Waals surface area contributed by atoms with Crippen LogP contribution in [0.5, 0.6) is 0 Å². The molecule has 0 fully saturated rings. The minimum Gasteiger partial charge on any atom is -0.339 e. The van der Waals surface area contributed by atoms with Crippen LogP contribution < -0.4 is 0 Å². The Morgan fingerprint density at radius 2 is 2.13 bits per heavy atom. The maximum Gasteiger partial charge on any atom is 0.253 e. The maximum absolute atomic E-state index is 12.0. The molecule has 0 aliphatic heterocycles. The van der Waals surface area contributed by atoms with E-state index in [0.717, 1.165) is 29.5 Å². The van der Waals surface area contributed by atoms with Crippen molar-refractivity contribution in [2.24, 2.45) is 0 Å². The molecular weight excluding hydrogens is 254 g/mol. The lowest BCUT2D eigenvalue weighted by atomic mass is 10.2. The Hall–Kier alpha value is -0.830. The number of nitrogens with zero attached hydrogens (tertiary/aromatic N) is 1. The Labute approximate surface area is 99.4 Å². The Balaban J connectivity index is 2.82. The number of halogens is 1. The molecule has 0 aliphatic rings. The molecule has 0 saturated heterocycles. The van der Waals surface area contributed by atoms with Crippen molar-refractivity contribution in [2.75, 3.05) is 13.1 Å². The molecule has 2 nitrogen and oxygen atoms in total. The lowest BCUT2D eigenvalue weighted by Crippen LogP contribution is -2.31. The summed E-state index contributed by atoms with van der Waals surface area (Å²) < 4.78 is 0.945. The molecule has 1 amide bonds. The van der Waals surface area contributed by atoms with Crippen LogP contribution in [0.4, 0.5) is 0 Å². The Morgan fingerprint density at radius 1 is 1.40 bits per heavy atom. The molecule has 0 N–H and O–H groups in total. The van der Waals surface area contributed by atoms with E-state index >= 15 is 0 Å². The third kappa shape index (κ3) is 3.34. The molecule has 3 heteroatoms. The quantitative estimate of drug-likeness (QED) is 0.821. The predicted molar refractivity (Wildman–Crippen MR) is 66.0 cm³/mol. The smallest absolute Gasteiger partial charge is 0.253 e. The van der Waals surface area contributed by atoms with E-state index in [1.807, 2.05) is 36.1 Å². The summed E-state index contributed by atoms with van der Waals surface area (Å²) in [6.07, 6.45) is 0.994. The SMILES string of the molecule is CCCN(CC)C(=O)c1cccc(Br)c1. The Morgan fingerprint density at radius 3 is 2.67 bits per heavy atom. The van der Waals surface area contributed by atoms with Crippen molar-refractivity contribution < 1.29 is 4.79 Å². The van der Waals surface area contributed by atoms with Gasteiger partial charge in [0.15, 0.2) is 0 Å². The standard InChI is InChI=1S/C12H16BrNO/c1-3-8-14(4-2)12(15)10-6-5-7-11(13)9-10/h5-7,9H,3-4,8H2,1-2H3. The van der Waals surface area contributed by atoms with Crippen molar-refractivity contribution >= 4 is 21.8 Å². The molecule has 0 bridgehead atoms. The lowest BCUT2D eigenvalue weighted by molar-refractivity contribution is 0.0764. The summed E-state index contributed by atoms with van der Waals surface area (Å²) in [7, 11) is 0. The molecule has 15 heavy (non-hydrogen) atoms. The summed E-state index contributed by atoms with van der Waals surface area (Å²) in [4.78, 5) is 13.9. The molecular formula is C12H16BrNO. The second-order valence-corrected chi connectivity index (χ2v) is 4.31. The molecule has 1 aromatic carbocycles. The van der Waals surface area contributed by atoms with Crippen LogP contribution in [0, 0.1) is 0 Å². The topological polar surface area (TPSA) is 20.3 Å². The molecule has 0 unspecified atom stereocenters. The number of carbonyl (C=O) groups excluding carboxylic acids is 1. The molecule has 1 aromatic rings. The van der Waals surface area contributed by atoms with Gasteiger partial charge in [0.05, 0.1) is 0 Å². The van der Waals surface area contributed by atoms with Gasteiger partial charge >= 0.3 is 0 Å². The molecule has 82 valence electrons. The van der Waals surface area contributed by atoms with Crippen molar-refractivity contribution in [1.82, 2.24) is 4.90 Å². The first kappa shape index (κ1) is 12.2. The fourth-order valence-electron chi connectivity index (χ4n) is 1.48. The average Bonchev–Trinajstić information content (AvgIpc) is 2.25. The number of amides is 1. The largest absolute Gasteiger partial charge is 0.339 e. The molecule has 0 saturated carbocycles. The summed E-state index contributed by atoms with van der Waals surface area (Å²) in [5.74, 6) is 0.112. The number of carbonyl (C=O) groups is 1. The minimum absolute atomic E-state index is 0.112. The van der Waals surface area contributed by atoms with Gasteiger partial charge in [-0.25, -0.2) is 0 Å². The van der Waals surface area contributed by atoms with Crippen LogP contribution in [0.25, 0.3) is 0 Å². The van der Waals surface area contributed by atoms with Crippen molar-refractivity contribution in [1.29, 1.82) is 0 Å². The van der Waals surface area contributed by atoms with Crippen LogP contribution in [0.1, 0.15) is 30.6 Å². The Kier molecular flexibility index (Phi) is 4.82.